The molecule has 0 atom stereocenters. The maximum Gasteiger partial charge on any atom is 0.00975 e. The van der Waals surface area contributed by atoms with Crippen LogP contribution >= 0.6 is 0 Å². The van der Waals surface area contributed by atoms with E-state index in [1.165, 1.54) is 38.5 Å². The van der Waals surface area contributed by atoms with Crippen molar-refractivity contribution in [3.63, 3.8) is 0 Å². The third-order valence-electron chi connectivity index (χ3n) is 3.04. The van der Waals surface area contributed by atoms with Gasteiger partial charge in [0.25, 0.3) is 0 Å². The zero-order chi connectivity index (χ0) is 10.4. The molecule has 2 nitrogen and oxygen atoms in total. The third-order valence-corrected chi connectivity index (χ3v) is 3.04. The average molecular weight is 198 g/mol. The highest BCUT2D eigenvalue weighted by Gasteiger charge is 2.13. The summed E-state index contributed by atoms with van der Waals surface area (Å²) in [6.45, 7) is 5.35. The van der Waals surface area contributed by atoms with Gasteiger partial charge in [-0.05, 0) is 46.1 Å². The molecule has 0 aliphatic heterocycles. The van der Waals surface area contributed by atoms with Gasteiger partial charge in [-0.15, -0.1) is 0 Å². The minimum atomic E-state index is 0.00818. The lowest BCUT2D eigenvalue weighted by molar-refractivity contribution is 0.360. The van der Waals surface area contributed by atoms with Crippen LogP contribution in [0.3, 0.4) is 0 Å². The van der Waals surface area contributed by atoms with E-state index in [-0.39, 0.29) is 5.54 Å². The molecule has 1 aliphatic rings. The molecule has 0 bridgehead atoms. The zero-order valence-corrected chi connectivity index (χ0v) is 9.81. The SMILES string of the molecule is CC(C)(N)CCCNC1CCCCC1. The van der Waals surface area contributed by atoms with E-state index in [1.807, 2.05) is 0 Å². The van der Waals surface area contributed by atoms with Gasteiger partial charge in [0.15, 0.2) is 0 Å². The first kappa shape index (κ1) is 12.0. The molecule has 1 saturated carbocycles. The predicted octanol–water partition coefficient (Wildman–Crippen LogP) is 2.43. The molecule has 0 aromatic rings. The van der Waals surface area contributed by atoms with Gasteiger partial charge in [0.05, 0.1) is 0 Å². The normalized spacial score (nSPS) is 19.9. The van der Waals surface area contributed by atoms with E-state index in [2.05, 4.69) is 19.2 Å². The van der Waals surface area contributed by atoms with Gasteiger partial charge in [-0.1, -0.05) is 19.3 Å². The molecular weight excluding hydrogens is 172 g/mol. The lowest BCUT2D eigenvalue weighted by Crippen LogP contribution is -2.35. The van der Waals surface area contributed by atoms with Crippen molar-refractivity contribution in [3.8, 4) is 0 Å². The molecule has 14 heavy (non-hydrogen) atoms. The van der Waals surface area contributed by atoms with Crippen LogP contribution in [0, 0.1) is 0 Å². The summed E-state index contributed by atoms with van der Waals surface area (Å²) in [4.78, 5) is 0. The molecule has 0 heterocycles. The Bertz CT molecular complexity index is 143. The highest BCUT2D eigenvalue weighted by molar-refractivity contribution is 4.74. The molecule has 0 spiro atoms. The molecule has 3 N–H and O–H groups in total. The van der Waals surface area contributed by atoms with Crippen molar-refractivity contribution in [2.24, 2.45) is 5.73 Å². The van der Waals surface area contributed by atoms with E-state index >= 15 is 0 Å². The molecule has 0 saturated heterocycles. The molecule has 1 fully saturated rings. The number of rotatable bonds is 5. The first-order valence-electron chi connectivity index (χ1n) is 6.10. The van der Waals surface area contributed by atoms with Crippen LogP contribution in [0.25, 0.3) is 0 Å². The molecule has 84 valence electrons. The Morgan fingerprint density at radius 3 is 2.43 bits per heavy atom. The van der Waals surface area contributed by atoms with Gasteiger partial charge in [0, 0.05) is 11.6 Å². The van der Waals surface area contributed by atoms with Gasteiger partial charge in [0.2, 0.25) is 0 Å². The van der Waals surface area contributed by atoms with Crippen LogP contribution in [0.4, 0.5) is 0 Å². The minimum Gasteiger partial charge on any atom is -0.326 e. The number of nitrogens with two attached hydrogens (primary N) is 1. The van der Waals surface area contributed by atoms with Gasteiger partial charge in [0.1, 0.15) is 0 Å². The van der Waals surface area contributed by atoms with Crippen LogP contribution in [-0.4, -0.2) is 18.1 Å². The van der Waals surface area contributed by atoms with Crippen molar-refractivity contribution in [1.29, 1.82) is 0 Å². The zero-order valence-electron chi connectivity index (χ0n) is 9.81. The molecule has 1 aliphatic carbocycles. The number of hydrogen-bond donors (Lipinski definition) is 2. The quantitative estimate of drug-likeness (QED) is 0.666. The van der Waals surface area contributed by atoms with Crippen LogP contribution in [0.5, 0.6) is 0 Å². The molecule has 0 aromatic heterocycles. The summed E-state index contributed by atoms with van der Waals surface area (Å²) in [5.41, 5.74) is 5.94. The third kappa shape index (κ3) is 5.61. The summed E-state index contributed by atoms with van der Waals surface area (Å²) in [7, 11) is 0. The summed E-state index contributed by atoms with van der Waals surface area (Å²) < 4.78 is 0. The van der Waals surface area contributed by atoms with Crippen LogP contribution < -0.4 is 11.1 Å². The highest BCUT2D eigenvalue weighted by Crippen LogP contribution is 2.17. The van der Waals surface area contributed by atoms with E-state index in [4.69, 9.17) is 5.73 Å². The standard InChI is InChI=1S/C12H26N2/c1-12(2,13)9-6-10-14-11-7-4-3-5-8-11/h11,14H,3-10,13H2,1-2H3. The second kappa shape index (κ2) is 5.72. The lowest BCUT2D eigenvalue weighted by atomic mass is 9.95. The Hall–Kier alpha value is -0.0800. The van der Waals surface area contributed by atoms with E-state index in [9.17, 15) is 0 Å². The summed E-state index contributed by atoms with van der Waals surface area (Å²) in [5, 5.41) is 3.64. The lowest BCUT2D eigenvalue weighted by Gasteiger charge is -2.24. The predicted molar refractivity (Wildman–Crippen MR) is 62.4 cm³/mol. The van der Waals surface area contributed by atoms with Crippen LogP contribution in [0.2, 0.25) is 0 Å². The van der Waals surface area contributed by atoms with Crippen molar-refractivity contribution in [2.45, 2.75) is 70.4 Å². The van der Waals surface area contributed by atoms with Gasteiger partial charge in [-0.2, -0.15) is 0 Å². The maximum atomic E-state index is 5.93. The molecule has 0 aromatic carbocycles. The molecule has 0 amide bonds. The second-order valence-electron chi connectivity index (χ2n) is 5.38. The molecular formula is C12H26N2. The van der Waals surface area contributed by atoms with Crippen LogP contribution in [0.15, 0.2) is 0 Å². The van der Waals surface area contributed by atoms with Crippen molar-refractivity contribution >= 4 is 0 Å². The Morgan fingerprint density at radius 2 is 1.86 bits per heavy atom. The largest absolute Gasteiger partial charge is 0.326 e. The van der Waals surface area contributed by atoms with E-state index in [0.717, 1.165) is 19.0 Å². The smallest absolute Gasteiger partial charge is 0.00975 e. The summed E-state index contributed by atoms with van der Waals surface area (Å²) >= 11 is 0. The van der Waals surface area contributed by atoms with Gasteiger partial charge >= 0.3 is 0 Å². The topological polar surface area (TPSA) is 38.0 Å². The van der Waals surface area contributed by atoms with E-state index in [1.54, 1.807) is 0 Å². The van der Waals surface area contributed by atoms with Crippen molar-refractivity contribution < 1.29 is 0 Å². The monoisotopic (exact) mass is 198 g/mol. The summed E-state index contributed by atoms with van der Waals surface area (Å²) in [5.74, 6) is 0. The highest BCUT2D eigenvalue weighted by atomic mass is 14.9. The van der Waals surface area contributed by atoms with Crippen LogP contribution in [0.1, 0.15) is 58.8 Å². The Kier molecular flexibility index (Phi) is 4.90. The second-order valence-corrected chi connectivity index (χ2v) is 5.38. The average Bonchev–Trinajstić information content (AvgIpc) is 2.13. The van der Waals surface area contributed by atoms with Crippen molar-refractivity contribution in [1.82, 2.24) is 5.32 Å². The fourth-order valence-corrected chi connectivity index (χ4v) is 2.16. The first-order chi connectivity index (χ1) is 6.58. The number of hydrogen-bond acceptors (Lipinski definition) is 2. The van der Waals surface area contributed by atoms with Crippen LogP contribution in [-0.2, 0) is 0 Å². The van der Waals surface area contributed by atoms with Crippen molar-refractivity contribution in [2.75, 3.05) is 6.54 Å². The summed E-state index contributed by atoms with van der Waals surface area (Å²) in [6.07, 6.45) is 9.36. The van der Waals surface area contributed by atoms with Gasteiger partial charge in [-0.3, -0.25) is 0 Å². The Morgan fingerprint density at radius 1 is 1.21 bits per heavy atom. The Balaban J connectivity index is 1.97. The molecule has 1 rings (SSSR count). The molecule has 2 heteroatoms. The molecule has 0 radical (unpaired) electrons. The fourth-order valence-electron chi connectivity index (χ4n) is 2.16. The van der Waals surface area contributed by atoms with E-state index < -0.39 is 0 Å². The van der Waals surface area contributed by atoms with Crippen molar-refractivity contribution in [3.05, 3.63) is 0 Å². The van der Waals surface area contributed by atoms with Gasteiger partial charge in [-0.25, -0.2) is 0 Å². The minimum absolute atomic E-state index is 0.00818. The maximum absolute atomic E-state index is 5.93. The van der Waals surface area contributed by atoms with Gasteiger partial charge < -0.3 is 11.1 Å². The Labute approximate surface area is 88.6 Å². The van der Waals surface area contributed by atoms with E-state index in [0.29, 0.717) is 0 Å². The first-order valence-corrected chi connectivity index (χ1v) is 6.10. The molecule has 0 unspecified atom stereocenters. The number of nitrogens with one attached hydrogen (secondary N) is 1. The summed E-state index contributed by atoms with van der Waals surface area (Å²) in [6, 6.07) is 0.796. The fraction of sp³-hybridized carbons (Fsp3) is 1.00.